The predicted molar refractivity (Wildman–Crippen MR) is 293 cm³/mol. The third kappa shape index (κ3) is 7.24. The molecule has 1 aliphatic carbocycles. The van der Waals surface area contributed by atoms with Crippen LogP contribution in [0.1, 0.15) is 11.5 Å². The average molecular weight is 882 g/mol. The number of anilines is 8. The summed E-state index contributed by atoms with van der Waals surface area (Å²) in [6.07, 6.45) is 9.12. The Balaban J connectivity index is 0.917. The highest BCUT2D eigenvalue weighted by Gasteiger charge is 2.38. The van der Waals surface area contributed by atoms with E-state index in [0.29, 0.717) is 0 Å². The molecular formula is C66H47N3. The van der Waals surface area contributed by atoms with Gasteiger partial charge < -0.3 is 14.7 Å². The minimum Gasteiger partial charge on any atom is -0.333 e. The Kier molecular flexibility index (Phi) is 9.98. The van der Waals surface area contributed by atoms with Crippen LogP contribution in [-0.4, -0.2) is 6.04 Å². The van der Waals surface area contributed by atoms with Crippen molar-refractivity contribution in [3.8, 4) is 22.3 Å². The van der Waals surface area contributed by atoms with Crippen molar-refractivity contribution in [3.05, 3.63) is 279 Å². The van der Waals surface area contributed by atoms with Crippen molar-refractivity contribution in [1.82, 2.24) is 0 Å². The second-order valence-corrected chi connectivity index (χ2v) is 18.1. The topological polar surface area (TPSA) is 9.72 Å². The molecule has 0 radical (unpaired) electrons. The van der Waals surface area contributed by atoms with Crippen LogP contribution in [0.4, 0.5) is 45.5 Å². The molecule has 0 fully saturated rings. The zero-order valence-electron chi connectivity index (χ0n) is 38.0. The van der Waals surface area contributed by atoms with Gasteiger partial charge >= 0.3 is 0 Å². The lowest BCUT2D eigenvalue weighted by molar-refractivity contribution is 0.745. The summed E-state index contributed by atoms with van der Waals surface area (Å²) >= 11 is 0. The van der Waals surface area contributed by atoms with Gasteiger partial charge in [0.15, 0.2) is 0 Å². The Bertz CT molecular complexity index is 3740. The average Bonchev–Trinajstić information content (AvgIpc) is 3.75. The van der Waals surface area contributed by atoms with Gasteiger partial charge in [-0.15, -0.1) is 0 Å². The second-order valence-electron chi connectivity index (χ2n) is 18.1. The summed E-state index contributed by atoms with van der Waals surface area (Å²) in [5.74, 6) is 0.233. The highest BCUT2D eigenvalue weighted by molar-refractivity contribution is 6.07. The van der Waals surface area contributed by atoms with Crippen LogP contribution in [-0.2, 0) is 0 Å². The monoisotopic (exact) mass is 881 g/mol. The molecule has 13 rings (SSSR count). The van der Waals surface area contributed by atoms with Crippen molar-refractivity contribution in [2.24, 2.45) is 0 Å². The lowest BCUT2D eigenvalue weighted by atomic mass is 9.91. The molecule has 2 atom stereocenters. The maximum absolute atomic E-state index is 2.50. The number of benzene rings is 11. The molecule has 326 valence electrons. The normalized spacial score (nSPS) is 14.8. The first-order valence-electron chi connectivity index (χ1n) is 23.9. The number of hydrogen-bond acceptors (Lipinski definition) is 3. The van der Waals surface area contributed by atoms with Gasteiger partial charge in [-0.05, 0) is 140 Å². The first-order chi connectivity index (χ1) is 34.2. The first kappa shape index (κ1) is 40.4. The Morgan fingerprint density at radius 1 is 0.333 bits per heavy atom. The summed E-state index contributed by atoms with van der Waals surface area (Å²) in [7, 11) is 0. The van der Waals surface area contributed by atoms with Crippen LogP contribution in [0.2, 0.25) is 0 Å². The Morgan fingerprint density at radius 2 is 0.841 bits per heavy atom. The highest BCUT2D eigenvalue weighted by atomic mass is 15.2. The van der Waals surface area contributed by atoms with E-state index in [1.54, 1.807) is 0 Å². The van der Waals surface area contributed by atoms with Gasteiger partial charge in [-0.3, -0.25) is 0 Å². The highest BCUT2D eigenvalue weighted by Crippen LogP contribution is 2.51. The molecule has 0 saturated carbocycles. The fraction of sp³-hybridized carbons (Fsp3) is 0.0303. The molecular weight excluding hydrogens is 835 g/mol. The van der Waals surface area contributed by atoms with Gasteiger partial charge in [0.05, 0.1) is 11.7 Å². The summed E-state index contributed by atoms with van der Waals surface area (Å²) in [5.41, 5.74) is 15.3. The number of para-hydroxylation sites is 1. The molecule has 1 heterocycles. The van der Waals surface area contributed by atoms with Crippen molar-refractivity contribution >= 4 is 77.8 Å². The molecule has 0 saturated heterocycles. The van der Waals surface area contributed by atoms with Gasteiger partial charge in [-0.25, -0.2) is 0 Å². The van der Waals surface area contributed by atoms with Crippen molar-refractivity contribution in [3.63, 3.8) is 0 Å². The van der Waals surface area contributed by atoms with Gasteiger partial charge in [0.1, 0.15) is 0 Å². The maximum Gasteiger partial charge on any atom is 0.0629 e. The molecule has 0 aromatic heterocycles. The number of allylic oxidation sites excluding steroid dienone is 2. The zero-order valence-corrected chi connectivity index (χ0v) is 38.0. The zero-order chi connectivity index (χ0) is 45.7. The molecule has 2 aliphatic rings. The first-order valence-corrected chi connectivity index (χ1v) is 23.9. The van der Waals surface area contributed by atoms with E-state index in [-0.39, 0.29) is 12.0 Å². The Hall–Kier alpha value is -8.92. The van der Waals surface area contributed by atoms with Crippen molar-refractivity contribution in [2.75, 3.05) is 14.7 Å². The fourth-order valence-electron chi connectivity index (χ4n) is 10.8. The van der Waals surface area contributed by atoms with Gasteiger partial charge in [-0.2, -0.15) is 0 Å². The van der Waals surface area contributed by atoms with E-state index < -0.39 is 0 Å². The van der Waals surface area contributed by atoms with Crippen LogP contribution in [0.3, 0.4) is 0 Å². The maximum atomic E-state index is 2.50. The van der Waals surface area contributed by atoms with E-state index in [0.717, 1.165) is 34.1 Å². The SMILES string of the molecule is C1=CC2c3cc(N(c4ccc5ccccc5c4)c4ccc(-c5ccc(N(c6ccc(-c7ccccc7)cc6)c6ccc7ccccc7c6)cc5)c5ccccc45)ccc3N(c3ccccc3)C2C=C1. The number of nitrogens with zero attached hydrogens (tertiary/aromatic N) is 3. The molecule has 69 heavy (non-hydrogen) atoms. The number of rotatable bonds is 9. The molecule has 3 nitrogen and oxygen atoms in total. The summed E-state index contributed by atoms with van der Waals surface area (Å²) in [6, 6.07) is 91.1. The molecule has 1 aliphatic heterocycles. The molecule has 0 bridgehead atoms. The third-order valence-electron chi connectivity index (χ3n) is 14.1. The Labute approximate surface area is 403 Å². The quantitative estimate of drug-likeness (QED) is 0.143. The van der Waals surface area contributed by atoms with E-state index in [9.17, 15) is 0 Å². The number of hydrogen-bond donors (Lipinski definition) is 0. The van der Waals surface area contributed by atoms with Crippen LogP contribution >= 0.6 is 0 Å². The molecule has 2 unspecified atom stereocenters. The summed E-state index contributed by atoms with van der Waals surface area (Å²) in [6.45, 7) is 0. The van der Waals surface area contributed by atoms with Crippen LogP contribution in [0.5, 0.6) is 0 Å². The van der Waals surface area contributed by atoms with Gasteiger partial charge in [0, 0.05) is 51.1 Å². The van der Waals surface area contributed by atoms with Crippen molar-refractivity contribution in [2.45, 2.75) is 12.0 Å². The predicted octanol–water partition coefficient (Wildman–Crippen LogP) is 18.1. The van der Waals surface area contributed by atoms with Crippen molar-refractivity contribution < 1.29 is 0 Å². The van der Waals surface area contributed by atoms with Crippen LogP contribution in [0.25, 0.3) is 54.6 Å². The summed E-state index contributed by atoms with van der Waals surface area (Å²) < 4.78 is 0. The lowest BCUT2D eigenvalue weighted by Crippen LogP contribution is -2.28. The van der Waals surface area contributed by atoms with Crippen LogP contribution < -0.4 is 14.7 Å². The molecule has 3 heteroatoms. The van der Waals surface area contributed by atoms with Gasteiger partial charge in [0.25, 0.3) is 0 Å². The summed E-state index contributed by atoms with van der Waals surface area (Å²) in [4.78, 5) is 7.34. The van der Waals surface area contributed by atoms with E-state index in [4.69, 9.17) is 0 Å². The minimum atomic E-state index is 0.211. The standard InChI is InChI=1S/C66H47N3/c1-3-15-46(16-4-1)49-27-33-54(34-28-49)67(56-37-29-47-17-7-9-19-51(47)43-56)55-35-31-50(32-36-55)59-40-42-65(61-24-12-11-23-60(59)61)68(57-38-30-48-18-8-10-20-52(48)44-57)58-39-41-66-63(45-58)62-25-13-14-26-64(62)69(66)53-21-5-2-6-22-53/h1-45,62,64H. The largest absolute Gasteiger partial charge is 0.333 e. The van der Waals surface area contributed by atoms with Crippen molar-refractivity contribution in [1.29, 1.82) is 0 Å². The fourth-order valence-corrected chi connectivity index (χ4v) is 10.8. The second kappa shape index (κ2) is 17.1. The molecule has 0 amide bonds. The molecule has 11 aromatic carbocycles. The Morgan fingerprint density at radius 3 is 1.52 bits per heavy atom. The molecule has 0 spiro atoms. The summed E-state index contributed by atoms with van der Waals surface area (Å²) in [5, 5.41) is 7.26. The van der Waals surface area contributed by atoms with E-state index in [1.807, 2.05) is 0 Å². The third-order valence-corrected chi connectivity index (χ3v) is 14.1. The van der Waals surface area contributed by atoms with Gasteiger partial charge in [0.2, 0.25) is 0 Å². The molecule has 11 aromatic rings. The van der Waals surface area contributed by atoms with E-state index in [1.165, 1.54) is 71.5 Å². The van der Waals surface area contributed by atoms with Crippen LogP contribution in [0.15, 0.2) is 273 Å². The van der Waals surface area contributed by atoms with Gasteiger partial charge in [-0.1, -0.05) is 188 Å². The van der Waals surface area contributed by atoms with Crippen LogP contribution in [0, 0.1) is 0 Å². The molecule has 0 N–H and O–H groups in total. The number of fused-ring (bicyclic) bond motifs is 6. The smallest absolute Gasteiger partial charge is 0.0629 e. The minimum absolute atomic E-state index is 0.211. The van der Waals surface area contributed by atoms with E-state index >= 15 is 0 Å². The lowest BCUT2D eigenvalue weighted by Gasteiger charge is -2.29. The van der Waals surface area contributed by atoms with E-state index in [2.05, 4.69) is 288 Å².